The largest absolute Gasteiger partial charge is 0.493 e. The second-order valence-corrected chi connectivity index (χ2v) is 4.45. The van der Waals surface area contributed by atoms with Crippen LogP contribution in [0.25, 0.3) is 0 Å². The molecule has 4 heteroatoms. The molecular formula is C15H21NO3. The number of allylic oxidation sites excluding steroid dienone is 1. The van der Waals surface area contributed by atoms with Gasteiger partial charge in [-0.05, 0) is 38.0 Å². The minimum absolute atomic E-state index is 0.0551. The van der Waals surface area contributed by atoms with Crippen LogP contribution in [0.1, 0.15) is 19.4 Å². The van der Waals surface area contributed by atoms with Crippen molar-refractivity contribution in [1.29, 1.82) is 0 Å². The van der Waals surface area contributed by atoms with E-state index in [-0.39, 0.29) is 5.91 Å². The van der Waals surface area contributed by atoms with E-state index in [9.17, 15) is 4.79 Å². The summed E-state index contributed by atoms with van der Waals surface area (Å²) < 4.78 is 10.4. The van der Waals surface area contributed by atoms with Crippen LogP contribution < -0.4 is 14.8 Å². The Morgan fingerprint density at radius 3 is 2.47 bits per heavy atom. The number of benzene rings is 1. The van der Waals surface area contributed by atoms with E-state index in [4.69, 9.17) is 9.47 Å². The van der Waals surface area contributed by atoms with Crippen LogP contribution in [0, 0.1) is 0 Å². The van der Waals surface area contributed by atoms with Gasteiger partial charge < -0.3 is 14.8 Å². The number of carbonyl (C=O) groups excluding carboxylic acids is 1. The first-order valence-electron chi connectivity index (χ1n) is 6.20. The molecule has 0 aromatic heterocycles. The standard InChI is InChI=1S/C15H21NO3/c1-11(2)9-15(17)16-8-7-12-5-6-13(18-3)14(10-12)19-4/h5-6,9-10H,7-8H2,1-4H3,(H,16,17). The maximum absolute atomic E-state index is 11.4. The predicted octanol–water partition coefficient (Wildman–Crippen LogP) is 2.33. The molecule has 0 spiro atoms. The molecule has 0 atom stereocenters. The lowest BCUT2D eigenvalue weighted by Gasteiger charge is -2.09. The van der Waals surface area contributed by atoms with Crippen molar-refractivity contribution in [3.63, 3.8) is 0 Å². The van der Waals surface area contributed by atoms with E-state index in [2.05, 4.69) is 5.32 Å². The van der Waals surface area contributed by atoms with Crippen molar-refractivity contribution in [1.82, 2.24) is 5.32 Å². The number of rotatable bonds is 6. The van der Waals surface area contributed by atoms with Crippen molar-refractivity contribution in [2.45, 2.75) is 20.3 Å². The van der Waals surface area contributed by atoms with E-state index in [1.54, 1.807) is 20.3 Å². The van der Waals surface area contributed by atoms with Gasteiger partial charge in [-0.25, -0.2) is 0 Å². The van der Waals surface area contributed by atoms with Crippen molar-refractivity contribution < 1.29 is 14.3 Å². The maximum Gasteiger partial charge on any atom is 0.243 e. The molecule has 0 aliphatic heterocycles. The number of carbonyl (C=O) groups is 1. The fraction of sp³-hybridized carbons (Fsp3) is 0.400. The van der Waals surface area contributed by atoms with E-state index in [0.717, 1.165) is 17.6 Å². The summed E-state index contributed by atoms with van der Waals surface area (Å²) in [5, 5.41) is 2.84. The molecule has 19 heavy (non-hydrogen) atoms. The molecule has 0 bridgehead atoms. The van der Waals surface area contributed by atoms with Gasteiger partial charge in [-0.2, -0.15) is 0 Å². The Morgan fingerprint density at radius 2 is 1.89 bits per heavy atom. The SMILES string of the molecule is COc1ccc(CCNC(=O)C=C(C)C)cc1OC. The van der Waals surface area contributed by atoms with Gasteiger partial charge in [0.2, 0.25) is 5.91 Å². The molecule has 1 rings (SSSR count). The van der Waals surface area contributed by atoms with Gasteiger partial charge in [-0.15, -0.1) is 0 Å². The Hall–Kier alpha value is -1.97. The normalized spacial score (nSPS) is 9.68. The zero-order valence-electron chi connectivity index (χ0n) is 11.9. The average molecular weight is 263 g/mol. The highest BCUT2D eigenvalue weighted by Crippen LogP contribution is 2.27. The number of nitrogens with one attached hydrogen (secondary N) is 1. The van der Waals surface area contributed by atoms with Crippen molar-refractivity contribution in [3.8, 4) is 11.5 Å². The van der Waals surface area contributed by atoms with Crippen molar-refractivity contribution >= 4 is 5.91 Å². The van der Waals surface area contributed by atoms with E-state index >= 15 is 0 Å². The highest BCUT2D eigenvalue weighted by Gasteiger charge is 2.04. The molecule has 0 unspecified atom stereocenters. The fourth-order valence-corrected chi connectivity index (χ4v) is 1.68. The molecule has 104 valence electrons. The van der Waals surface area contributed by atoms with Crippen LogP contribution >= 0.6 is 0 Å². The lowest BCUT2D eigenvalue weighted by Crippen LogP contribution is -2.23. The maximum atomic E-state index is 11.4. The number of hydrogen-bond acceptors (Lipinski definition) is 3. The number of hydrogen-bond donors (Lipinski definition) is 1. The van der Waals surface area contributed by atoms with Crippen LogP contribution in [0.2, 0.25) is 0 Å². The van der Waals surface area contributed by atoms with Crippen LogP contribution in [0.3, 0.4) is 0 Å². The van der Waals surface area contributed by atoms with E-state index in [1.807, 2.05) is 32.0 Å². The molecule has 1 amide bonds. The second-order valence-electron chi connectivity index (χ2n) is 4.45. The topological polar surface area (TPSA) is 47.6 Å². The van der Waals surface area contributed by atoms with Crippen LogP contribution in [-0.2, 0) is 11.2 Å². The monoisotopic (exact) mass is 263 g/mol. The molecule has 0 saturated carbocycles. The van der Waals surface area contributed by atoms with Crippen molar-refractivity contribution in [3.05, 3.63) is 35.4 Å². The summed E-state index contributed by atoms with van der Waals surface area (Å²) in [6.45, 7) is 4.39. The molecule has 0 aliphatic rings. The lowest BCUT2D eigenvalue weighted by molar-refractivity contribution is -0.116. The Labute approximate surface area is 114 Å². The number of ether oxygens (including phenoxy) is 2. The van der Waals surface area contributed by atoms with Gasteiger partial charge >= 0.3 is 0 Å². The smallest absolute Gasteiger partial charge is 0.243 e. The van der Waals surface area contributed by atoms with E-state index < -0.39 is 0 Å². The number of methoxy groups -OCH3 is 2. The summed E-state index contributed by atoms with van der Waals surface area (Å²) in [6.07, 6.45) is 2.34. The summed E-state index contributed by atoms with van der Waals surface area (Å²) in [4.78, 5) is 11.4. The average Bonchev–Trinajstić information content (AvgIpc) is 2.37. The first kappa shape index (κ1) is 15.1. The van der Waals surface area contributed by atoms with Gasteiger partial charge in [0.05, 0.1) is 14.2 Å². The third-order valence-corrected chi connectivity index (χ3v) is 2.58. The van der Waals surface area contributed by atoms with Gasteiger partial charge in [0.25, 0.3) is 0 Å². The van der Waals surface area contributed by atoms with Gasteiger partial charge in [-0.1, -0.05) is 11.6 Å². The molecule has 1 N–H and O–H groups in total. The fourth-order valence-electron chi connectivity index (χ4n) is 1.68. The Kier molecular flexibility index (Phi) is 5.93. The summed E-state index contributed by atoms with van der Waals surface area (Å²) in [6, 6.07) is 5.76. The summed E-state index contributed by atoms with van der Waals surface area (Å²) in [5.41, 5.74) is 2.08. The summed E-state index contributed by atoms with van der Waals surface area (Å²) in [7, 11) is 3.22. The number of amides is 1. The van der Waals surface area contributed by atoms with E-state index in [1.165, 1.54) is 0 Å². The molecule has 4 nitrogen and oxygen atoms in total. The van der Waals surface area contributed by atoms with Crippen LogP contribution in [0.4, 0.5) is 0 Å². The van der Waals surface area contributed by atoms with Crippen molar-refractivity contribution in [2.24, 2.45) is 0 Å². The molecule has 1 aromatic rings. The molecule has 0 aliphatic carbocycles. The molecule has 0 fully saturated rings. The highest BCUT2D eigenvalue weighted by molar-refractivity contribution is 5.87. The summed E-state index contributed by atoms with van der Waals surface area (Å²) in [5.74, 6) is 1.36. The summed E-state index contributed by atoms with van der Waals surface area (Å²) >= 11 is 0. The minimum Gasteiger partial charge on any atom is -0.493 e. The zero-order chi connectivity index (χ0) is 14.3. The van der Waals surface area contributed by atoms with Crippen LogP contribution in [-0.4, -0.2) is 26.7 Å². The first-order chi connectivity index (χ1) is 9.06. The predicted molar refractivity (Wildman–Crippen MR) is 75.7 cm³/mol. The lowest BCUT2D eigenvalue weighted by atomic mass is 10.1. The van der Waals surface area contributed by atoms with Crippen LogP contribution in [0.15, 0.2) is 29.8 Å². The molecular weight excluding hydrogens is 242 g/mol. The van der Waals surface area contributed by atoms with Gasteiger partial charge in [0.1, 0.15) is 0 Å². The van der Waals surface area contributed by atoms with E-state index in [0.29, 0.717) is 18.0 Å². The third kappa shape index (κ3) is 5.04. The van der Waals surface area contributed by atoms with Crippen LogP contribution in [0.5, 0.6) is 11.5 Å². The minimum atomic E-state index is -0.0551. The first-order valence-corrected chi connectivity index (χ1v) is 6.20. The van der Waals surface area contributed by atoms with Crippen molar-refractivity contribution in [2.75, 3.05) is 20.8 Å². The molecule has 0 radical (unpaired) electrons. The molecule has 0 heterocycles. The second kappa shape index (κ2) is 7.46. The third-order valence-electron chi connectivity index (χ3n) is 2.58. The Balaban J connectivity index is 2.54. The van der Waals surface area contributed by atoms with Gasteiger partial charge in [0.15, 0.2) is 11.5 Å². The van der Waals surface area contributed by atoms with Gasteiger partial charge in [-0.3, -0.25) is 4.79 Å². The molecule has 0 saturated heterocycles. The van der Waals surface area contributed by atoms with Gasteiger partial charge in [0, 0.05) is 12.6 Å². The molecule has 1 aromatic carbocycles. The quantitative estimate of drug-likeness (QED) is 0.801. The Bertz CT molecular complexity index is 462. The zero-order valence-corrected chi connectivity index (χ0v) is 11.9. The highest BCUT2D eigenvalue weighted by atomic mass is 16.5. The Morgan fingerprint density at radius 1 is 1.21 bits per heavy atom.